The fraction of sp³-hybridized carbons (Fsp3) is 0.333. The quantitative estimate of drug-likeness (QED) is 0.475. The first-order chi connectivity index (χ1) is 4.04. The number of halogens is 2. The van der Waals surface area contributed by atoms with E-state index < -0.39 is 16.0 Å². The van der Waals surface area contributed by atoms with Gasteiger partial charge in [0.05, 0.1) is 0 Å². The van der Waals surface area contributed by atoms with Gasteiger partial charge < -0.3 is 0 Å². The minimum absolute atomic E-state index is 0.765. The first kappa shape index (κ1) is 9.07. The van der Waals surface area contributed by atoms with Gasteiger partial charge in [0.15, 0.2) is 4.84 Å². The summed E-state index contributed by atoms with van der Waals surface area (Å²) in [5.41, 5.74) is 0. The van der Waals surface area contributed by atoms with Gasteiger partial charge in [0.25, 0.3) is 11.1 Å². The summed E-state index contributed by atoms with van der Waals surface area (Å²) in [6, 6.07) is 0. The van der Waals surface area contributed by atoms with E-state index in [1.165, 1.54) is 0 Å². The molecule has 52 valence electrons. The van der Waals surface area contributed by atoms with Crippen molar-refractivity contribution in [2.75, 3.05) is 0 Å². The van der Waals surface area contributed by atoms with Crippen molar-refractivity contribution >= 4 is 47.0 Å². The number of thiol groups is 1. The first-order valence-electron chi connectivity index (χ1n) is 1.86. The molecule has 0 rings (SSSR count). The Hall–Kier alpha value is 0.0700. The number of imide groups is 1. The Balaban J connectivity index is 3.64. The minimum Gasteiger partial charge on any atom is -0.285 e. The highest BCUT2D eigenvalue weighted by molar-refractivity contribution is 7.96. The van der Waals surface area contributed by atoms with Gasteiger partial charge in [0, 0.05) is 0 Å². The predicted octanol–water partition coefficient (Wildman–Crippen LogP) is 0.956. The van der Waals surface area contributed by atoms with Crippen LogP contribution in [0.2, 0.25) is 0 Å². The number of carbonyl (C=O) groups is 2. The number of amides is 2. The molecule has 0 radical (unpaired) electrons. The van der Waals surface area contributed by atoms with Crippen LogP contribution < -0.4 is 5.32 Å². The zero-order chi connectivity index (χ0) is 7.44. The number of hydrogen-bond acceptors (Lipinski definition) is 2. The standard InChI is InChI=1S/C3H3Cl2NO2S/c4-1(5)2(7)6-3(8)9/h1H,(H2,6,7,8,9). The third-order valence-electron chi connectivity index (χ3n) is 0.428. The van der Waals surface area contributed by atoms with Gasteiger partial charge in [-0.2, -0.15) is 0 Å². The molecule has 0 unspecified atom stereocenters. The largest absolute Gasteiger partial charge is 0.285 e. The SMILES string of the molecule is O=C(S)NC(=O)C(Cl)Cl. The van der Waals surface area contributed by atoms with Crippen molar-refractivity contribution in [2.24, 2.45) is 0 Å². The molecule has 0 atom stereocenters. The topological polar surface area (TPSA) is 46.2 Å². The Labute approximate surface area is 67.1 Å². The van der Waals surface area contributed by atoms with E-state index in [2.05, 4.69) is 12.6 Å². The van der Waals surface area contributed by atoms with Gasteiger partial charge in [-0.05, 0) is 0 Å². The van der Waals surface area contributed by atoms with Gasteiger partial charge in [-0.3, -0.25) is 14.9 Å². The third kappa shape index (κ3) is 4.57. The second kappa shape index (κ2) is 3.98. The van der Waals surface area contributed by atoms with E-state index in [-0.39, 0.29) is 0 Å². The fourth-order valence-electron chi connectivity index (χ4n) is 0.160. The van der Waals surface area contributed by atoms with Crippen molar-refractivity contribution in [2.45, 2.75) is 4.84 Å². The molecule has 6 heteroatoms. The Morgan fingerprint density at radius 1 is 1.44 bits per heavy atom. The Morgan fingerprint density at radius 3 is 2.00 bits per heavy atom. The van der Waals surface area contributed by atoms with Crippen LogP contribution in [0.15, 0.2) is 0 Å². The Morgan fingerprint density at radius 2 is 1.89 bits per heavy atom. The molecular weight excluding hydrogens is 185 g/mol. The van der Waals surface area contributed by atoms with Crippen molar-refractivity contribution in [1.29, 1.82) is 0 Å². The Bertz CT molecular complexity index is 138. The van der Waals surface area contributed by atoms with Crippen molar-refractivity contribution in [1.82, 2.24) is 5.32 Å². The van der Waals surface area contributed by atoms with Crippen LogP contribution in [-0.2, 0) is 4.79 Å². The normalized spacial score (nSPS) is 9.33. The summed E-state index contributed by atoms with van der Waals surface area (Å²) in [4.78, 5) is 19.1. The molecule has 0 fully saturated rings. The molecule has 0 bridgehead atoms. The summed E-state index contributed by atoms with van der Waals surface area (Å²) < 4.78 is 0. The van der Waals surface area contributed by atoms with Crippen LogP contribution in [0.1, 0.15) is 0 Å². The van der Waals surface area contributed by atoms with E-state index in [1.807, 2.05) is 0 Å². The van der Waals surface area contributed by atoms with Crippen LogP contribution in [0.5, 0.6) is 0 Å². The summed E-state index contributed by atoms with van der Waals surface area (Å²) in [5, 5.41) is 0.993. The second-order valence-corrected chi connectivity index (χ2v) is 2.60. The summed E-state index contributed by atoms with van der Waals surface area (Å²) in [6.45, 7) is 0. The highest BCUT2D eigenvalue weighted by atomic mass is 35.5. The lowest BCUT2D eigenvalue weighted by atomic mass is 10.7. The molecule has 0 saturated heterocycles. The number of nitrogens with one attached hydrogen (secondary N) is 1. The van der Waals surface area contributed by atoms with Crippen LogP contribution in [0.3, 0.4) is 0 Å². The van der Waals surface area contributed by atoms with Gasteiger partial charge in [-0.1, -0.05) is 35.8 Å². The van der Waals surface area contributed by atoms with E-state index in [1.54, 1.807) is 5.32 Å². The number of hydrogen-bond donors (Lipinski definition) is 2. The van der Waals surface area contributed by atoms with Crippen LogP contribution in [-0.4, -0.2) is 16.0 Å². The summed E-state index contributed by atoms with van der Waals surface area (Å²) >= 11 is 13.3. The minimum atomic E-state index is -1.22. The zero-order valence-corrected chi connectivity index (χ0v) is 6.50. The lowest BCUT2D eigenvalue weighted by molar-refractivity contribution is -0.118. The summed E-state index contributed by atoms with van der Waals surface area (Å²) in [6.07, 6.45) is 0. The summed E-state index contributed by atoms with van der Waals surface area (Å²) in [7, 11) is 0. The van der Waals surface area contributed by atoms with E-state index >= 15 is 0 Å². The molecular formula is C3H3Cl2NO2S. The molecule has 0 saturated carbocycles. The average molecular weight is 188 g/mol. The van der Waals surface area contributed by atoms with Gasteiger partial charge in [0.1, 0.15) is 0 Å². The van der Waals surface area contributed by atoms with Gasteiger partial charge in [-0.15, -0.1) is 0 Å². The molecule has 3 nitrogen and oxygen atoms in total. The van der Waals surface area contributed by atoms with E-state index in [0.29, 0.717) is 0 Å². The molecule has 0 spiro atoms. The van der Waals surface area contributed by atoms with Gasteiger partial charge >= 0.3 is 0 Å². The lowest BCUT2D eigenvalue weighted by Crippen LogP contribution is -2.30. The van der Waals surface area contributed by atoms with Crippen molar-refractivity contribution in [3.05, 3.63) is 0 Å². The van der Waals surface area contributed by atoms with Crippen LogP contribution in [0.25, 0.3) is 0 Å². The van der Waals surface area contributed by atoms with Crippen LogP contribution in [0, 0.1) is 0 Å². The molecule has 0 aliphatic carbocycles. The molecule has 9 heavy (non-hydrogen) atoms. The summed E-state index contributed by atoms with van der Waals surface area (Å²) in [5.74, 6) is -0.765. The lowest BCUT2D eigenvalue weighted by Gasteiger charge is -1.97. The molecule has 0 aromatic carbocycles. The number of rotatable bonds is 1. The van der Waals surface area contributed by atoms with Crippen LogP contribution >= 0.6 is 35.8 Å². The first-order valence-corrected chi connectivity index (χ1v) is 3.18. The monoisotopic (exact) mass is 187 g/mol. The third-order valence-corrected chi connectivity index (χ3v) is 0.937. The highest BCUT2D eigenvalue weighted by Crippen LogP contribution is 2.00. The second-order valence-electron chi connectivity index (χ2n) is 1.10. The van der Waals surface area contributed by atoms with Crippen molar-refractivity contribution < 1.29 is 9.59 Å². The molecule has 0 aliphatic rings. The highest BCUT2D eigenvalue weighted by Gasteiger charge is 2.11. The molecule has 1 N–H and O–H groups in total. The maximum atomic E-state index is 10.3. The Kier molecular flexibility index (Phi) is 4.01. The van der Waals surface area contributed by atoms with Gasteiger partial charge in [-0.25, -0.2) is 0 Å². The predicted molar refractivity (Wildman–Crippen MR) is 38.0 cm³/mol. The number of carbonyl (C=O) groups excluding carboxylic acids is 2. The smallest absolute Gasteiger partial charge is 0.282 e. The maximum absolute atomic E-state index is 10.3. The van der Waals surface area contributed by atoms with Gasteiger partial charge in [0.2, 0.25) is 0 Å². The van der Waals surface area contributed by atoms with Crippen molar-refractivity contribution in [3.63, 3.8) is 0 Å². The fourth-order valence-corrected chi connectivity index (χ4v) is 0.379. The number of alkyl halides is 2. The molecule has 0 aromatic rings. The van der Waals surface area contributed by atoms with E-state index in [9.17, 15) is 9.59 Å². The van der Waals surface area contributed by atoms with E-state index in [4.69, 9.17) is 23.2 Å². The van der Waals surface area contributed by atoms with Crippen molar-refractivity contribution in [3.8, 4) is 0 Å². The molecule has 2 amide bonds. The molecule has 0 aliphatic heterocycles. The van der Waals surface area contributed by atoms with E-state index in [0.717, 1.165) is 0 Å². The molecule has 0 aromatic heterocycles. The molecule has 0 heterocycles. The average Bonchev–Trinajstić information content (AvgIpc) is 1.63. The maximum Gasteiger partial charge on any atom is 0.282 e. The van der Waals surface area contributed by atoms with Crippen LogP contribution in [0.4, 0.5) is 4.79 Å². The zero-order valence-electron chi connectivity index (χ0n) is 4.10.